The van der Waals surface area contributed by atoms with Gasteiger partial charge < -0.3 is 10.1 Å². The molecule has 2 rings (SSSR count). The predicted octanol–water partition coefficient (Wildman–Crippen LogP) is 2.21. The van der Waals surface area contributed by atoms with Gasteiger partial charge in [-0.3, -0.25) is 0 Å². The van der Waals surface area contributed by atoms with Gasteiger partial charge in [-0.2, -0.15) is 5.10 Å². The van der Waals surface area contributed by atoms with E-state index in [0.29, 0.717) is 11.6 Å². The van der Waals surface area contributed by atoms with E-state index in [1.54, 1.807) is 20.4 Å². The van der Waals surface area contributed by atoms with Gasteiger partial charge in [-0.15, -0.1) is 5.10 Å². The maximum absolute atomic E-state index is 5.29. The van der Waals surface area contributed by atoms with Crippen LogP contribution in [0.5, 0.6) is 5.75 Å². The average molecular weight is 244 g/mol. The van der Waals surface area contributed by atoms with Crippen molar-refractivity contribution in [2.75, 3.05) is 19.5 Å². The maximum Gasteiger partial charge on any atom is 0.184 e. The molecule has 94 valence electrons. The van der Waals surface area contributed by atoms with Crippen LogP contribution in [0.3, 0.4) is 0 Å². The Kier molecular flexibility index (Phi) is 3.41. The zero-order valence-electron chi connectivity index (χ0n) is 11.0. The summed E-state index contributed by atoms with van der Waals surface area (Å²) in [4.78, 5) is 4.39. The molecular formula is C13H16N4O. The number of hydrogen-bond acceptors (Lipinski definition) is 5. The van der Waals surface area contributed by atoms with Crippen molar-refractivity contribution < 1.29 is 4.74 Å². The Morgan fingerprint density at radius 3 is 2.61 bits per heavy atom. The zero-order chi connectivity index (χ0) is 13.1. The fourth-order valence-corrected chi connectivity index (χ4v) is 1.79. The molecule has 0 fully saturated rings. The van der Waals surface area contributed by atoms with Crippen LogP contribution in [0.2, 0.25) is 0 Å². The Balaban J connectivity index is 2.53. The van der Waals surface area contributed by atoms with Crippen LogP contribution >= 0.6 is 0 Å². The lowest BCUT2D eigenvalue weighted by Gasteiger charge is -2.10. The Morgan fingerprint density at radius 2 is 1.94 bits per heavy atom. The minimum absolute atomic E-state index is 0.616. The van der Waals surface area contributed by atoms with Crippen LogP contribution in [0, 0.1) is 13.8 Å². The lowest BCUT2D eigenvalue weighted by Crippen LogP contribution is -2.00. The fraction of sp³-hybridized carbons (Fsp3) is 0.308. The summed E-state index contributed by atoms with van der Waals surface area (Å²) in [6.07, 6.45) is 1.59. The number of nitrogens with one attached hydrogen (secondary N) is 1. The highest BCUT2D eigenvalue weighted by atomic mass is 16.5. The summed E-state index contributed by atoms with van der Waals surface area (Å²) in [5, 5.41) is 11.0. The van der Waals surface area contributed by atoms with Crippen molar-refractivity contribution in [1.29, 1.82) is 0 Å². The van der Waals surface area contributed by atoms with Crippen LogP contribution in [-0.4, -0.2) is 29.3 Å². The Hall–Kier alpha value is -2.17. The van der Waals surface area contributed by atoms with Crippen LogP contribution in [0.1, 0.15) is 11.1 Å². The lowest BCUT2D eigenvalue weighted by molar-refractivity contribution is 0.411. The number of benzene rings is 1. The zero-order valence-corrected chi connectivity index (χ0v) is 11.0. The van der Waals surface area contributed by atoms with E-state index < -0.39 is 0 Å². The second-order valence-corrected chi connectivity index (χ2v) is 4.05. The standard InChI is InChI=1S/C13H16N4O/c1-8-6-11(18-4)9(2)5-10(8)13-16-12(14-3)7-15-17-13/h5-7H,1-4H3,(H,14,16,17). The first-order chi connectivity index (χ1) is 8.65. The first-order valence-corrected chi connectivity index (χ1v) is 5.68. The predicted molar refractivity (Wildman–Crippen MR) is 70.8 cm³/mol. The van der Waals surface area contributed by atoms with Gasteiger partial charge in [0.2, 0.25) is 0 Å². The molecule has 0 radical (unpaired) electrons. The molecule has 0 amide bonds. The Bertz CT molecular complexity index is 569. The van der Waals surface area contributed by atoms with E-state index in [1.807, 2.05) is 26.0 Å². The second-order valence-electron chi connectivity index (χ2n) is 4.05. The number of nitrogens with zero attached hydrogens (tertiary/aromatic N) is 3. The van der Waals surface area contributed by atoms with Gasteiger partial charge in [-0.05, 0) is 37.1 Å². The van der Waals surface area contributed by atoms with Gasteiger partial charge in [0, 0.05) is 12.6 Å². The summed E-state index contributed by atoms with van der Waals surface area (Å²) in [6.45, 7) is 4.00. The Morgan fingerprint density at radius 1 is 1.17 bits per heavy atom. The van der Waals surface area contributed by atoms with Crippen molar-refractivity contribution in [3.63, 3.8) is 0 Å². The molecule has 0 bridgehead atoms. The Labute approximate surface area is 106 Å². The molecule has 1 heterocycles. The second kappa shape index (κ2) is 5.00. The monoisotopic (exact) mass is 244 g/mol. The molecule has 5 nitrogen and oxygen atoms in total. The van der Waals surface area contributed by atoms with Crippen LogP contribution in [0.4, 0.5) is 5.82 Å². The van der Waals surface area contributed by atoms with Gasteiger partial charge in [-0.1, -0.05) is 0 Å². The highest BCUT2D eigenvalue weighted by molar-refractivity contribution is 5.64. The van der Waals surface area contributed by atoms with Crippen molar-refractivity contribution in [2.45, 2.75) is 13.8 Å². The van der Waals surface area contributed by atoms with Gasteiger partial charge in [0.15, 0.2) is 5.82 Å². The topological polar surface area (TPSA) is 59.9 Å². The fourth-order valence-electron chi connectivity index (χ4n) is 1.79. The molecule has 1 N–H and O–H groups in total. The number of methoxy groups -OCH3 is 1. The van der Waals surface area contributed by atoms with Crippen molar-refractivity contribution in [1.82, 2.24) is 15.2 Å². The molecule has 1 aromatic carbocycles. The van der Waals surface area contributed by atoms with Crippen LogP contribution in [0.25, 0.3) is 11.4 Å². The molecule has 0 saturated heterocycles. The maximum atomic E-state index is 5.29. The quantitative estimate of drug-likeness (QED) is 0.897. The smallest absolute Gasteiger partial charge is 0.184 e. The molecule has 0 unspecified atom stereocenters. The van der Waals surface area contributed by atoms with E-state index in [-0.39, 0.29) is 0 Å². The SMILES string of the molecule is CNc1cnnc(-c2cc(C)c(OC)cc2C)n1. The number of rotatable bonds is 3. The molecule has 0 aliphatic rings. The molecule has 0 aliphatic heterocycles. The summed E-state index contributed by atoms with van der Waals surface area (Å²) in [5.41, 5.74) is 3.09. The molecule has 1 aromatic heterocycles. The molecule has 0 aliphatic carbocycles. The van der Waals surface area contributed by atoms with Crippen molar-refractivity contribution >= 4 is 5.82 Å². The molecule has 18 heavy (non-hydrogen) atoms. The summed E-state index contributed by atoms with van der Waals surface area (Å²) < 4.78 is 5.29. The summed E-state index contributed by atoms with van der Waals surface area (Å²) in [5.74, 6) is 2.19. The molecule has 0 spiro atoms. The molecule has 0 atom stereocenters. The van der Waals surface area contributed by atoms with Crippen LogP contribution in [-0.2, 0) is 0 Å². The van der Waals surface area contributed by atoms with Gasteiger partial charge in [-0.25, -0.2) is 4.98 Å². The van der Waals surface area contributed by atoms with Gasteiger partial charge in [0.05, 0.1) is 13.3 Å². The summed E-state index contributed by atoms with van der Waals surface area (Å²) >= 11 is 0. The van der Waals surface area contributed by atoms with Crippen molar-refractivity contribution in [3.8, 4) is 17.1 Å². The van der Waals surface area contributed by atoms with Crippen molar-refractivity contribution in [3.05, 3.63) is 29.5 Å². The first-order valence-electron chi connectivity index (χ1n) is 5.68. The van der Waals surface area contributed by atoms with E-state index in [1.165, 1.54) is 0 Å². The van der Waals surface area contributed by atoms with E-state index in [2.05, 4.69) is 20.5 Å². The first kappa shape index (κ1) is 12.3. The van der Waals surface area contributed by atoms with Gasteiger partial charge in [0.1, 0.15) is 11.6 Å². The summed E-state index contributed by atoms with van der Waals surface area (Å²) in [6, 6.07) is 4.00. The van der Waals surface area contributed by atoms with E-state index in [0.717, 1.165) is 22.4 Å². The molecule has 2 aromatic rings. The number of hydrogen-bond donors (Lipinski definition) is 1. The highest BCUT2D eigenvalue weighted by Gasteiger charge is 2.10. The molecule has 0 saturated carbocycles. The van der Waals surface area contributed by atoms with E-state index >= 15 is 0 Å². The van der Waals surface area contributed by atoms with E-state index in [9.17, 15) is 0 Å². The van der Waals surface area contributed by atoms with Crippen LogP contribution in [0.15, 0.2) is 18.3 Å². The minimum atomic E-state index is 0.616. The molecular weight excluding hydrogens is 228 g/mol. The highest BCUT2D eigenvalue weighted by Crippen LogP contribution is 2.28. The molecule has 5 heteroatoms. The lowest BCUT2D eigenvalue weighted by atomic mass is 10.0. The third-order valence-corrected chi connectivity index (χ3v) is 2.80. The average Bonchev–Trinajstić information content (AvgIpc) is 2.41. The number of anilines is 1. The van der Waals surface area contributed by atoms with Gasteiger partial charge in [0.25, 0.3) is 0 Å². The third-order valence-electron chi connectivity index (χ3n) is 2.80. The largest absolute Gasteiger partial charge is 0.496 e. The van der Waals surface area contributed by atoms with E-state index in [4.69, 9.17) is 4.74 Å². The van der Waals surface area contributed by atoms with Gasteiger partial charge >= 0.3 is 0 Å². The third kappa shape index (κ3) is 2.25. The number of ether oxygens (including phenoxy) is 1. The normalized spacial score (nSPS) is 10.2. The van der Waals surface area contributed by atoms with Crippen LogP contribution < -0.4 is 10.1 Å². The van der Waals surface area contributed by atoms with Crippen molar-refractivity contribution in [2.24, 2.45) is 0 Å². The number of aryl methyl sites for hydroxylation is 2. The number of aromatic nitrogens is 3. The summed E-state index contributed by atoms with van der Waals surface area (Å²) in [7, 11) is 3.47. The minimum Gasteiger partial charge on any atom is -0.496 e.